The summed E-state index contributed by atoms with van der Waals surface area (Å²) in [6.07, 6.45) is -0.444. The van der Waals surface area contributed by atoms with E-state index < -0.39 is 6.10 Å². The zero-order chi connectivity index (χ0) is 9.82. The van der Waals surface area contributed by atoms with Gasteiger partial charge in [-0.25, -0.2) is 0 Å². The Bertz CT molecular complexity index is 80.7. The molecule has 0 saturated heterocycles. The summed E-state index contributed by atoms with van der Waals surface area (Å²) in [5.41, 5.74) is 0. The first kappa shape index (κ1) is 14.1. The number of hydrogen-bond donors (Lipinski definition) is 2. The molecule has 0 rings (SSSR count). The van der Waals surface area contributed by atoms with Crippen molar-refractivity contribution in [2.24, 2.45) is 0 Å². The molecular weight excluding hydrogens is 158 g/mol. The van der Waals surface area contributed by atoms with Crippen LogP contribution in [0.5, 0.6) is 0 Å². The minimum Gasteiger partial charge on any atom is -0.389 e. The van der Waals surface area contributed by atoms with Crippen LogP contribution < -0.4 is 5.32 Å². The van der Waals surface area contributed by atoms with E-state index in [1.165, 1.54) is 0 Å². The lowest BCUT2D eigenvalue weighted by Crippen LogP contribution is -2.31. The molecule has 0 heterocycles. The first-order chi connectivity index (χ1) is 5.81. The Balaban J connectivity index is 0. The lowest BCUT2D eigenvalue weighted by molar-refractivity contribution is 0.0566. The van der Waals surface area contributed by atoms with Crippen LogP contribution in [0.4, 0.5) is 0 Å². The standard InChI is InChI=1S/C6H15NO3.C2H4/c1-9-4-6(8)3-7-5-10-2;1-2/h6-8H,3-5H2,1-2H3;1-2H2. The summed E-state index contributed by atoms with van der Waals surface area (Å²) in [7, 11) is 3.15. The molecule has 4 heteroatoms. The molecule has 0 saturated carbocycles. The number of aliphatic hydroxyl groups is 1. The van der Waals surface area contributed by atoms with Gasteiger partial charge >= 0.3 is 0 Å². The van der Waals surface area contributed by atoms with E-state index in [-0.39, 0.29) is 0 Å². The van der Waals surface area contributed by atoms with Crippen LogP contribution in [-0.2, 0) is 9.47 Å². The second-order valence-corrected chi connectivity index (χ2v) is 2.00. The van der Waals surface area contributed by atoms with E-state index in [0.717, 1.165) is 0 Å². The van der Waals surface area contributed by atoms with Crippen molar-refractivity contribution in [1.29, 1.82) is 0 Å². The quantitative estimate of drug-likeness (QED) is 0.340. The van der Waals surface area contributed by atoms with Crippen molar-refractivity contribution in [3.8, 4) is 0 Å². The van der Waals surface area contributed by atoms with Gasteiger partial charge in [0.15, 0.2) is 0 Å². The topological polar surface area (TPSA) is 50.7 Å². The van der Waals surface area contributed by atoms with Gasteiger partial charge in [0.25, 0.3) is 0 Å². The molecule has 0 radical (unpaired) electrons. The minimum absolute atomic E-state index is 0.358. The van der Waals surface area contributed by atoms with E-state index >= 15 is 0 Å². The van der Waals surface area contributed by atoms with E-state index in [4.69, 9.17) is 14.6 Å². The Labute approximate surface area is 74.2 Å². The van der Waals surface area contributed by atoms with Gasteiger partial charge in [0.1, 0.15) is 0 Å². The molecule has 1 unspecified atom stereocenters. The molecule has 1 atom stereocenters. The third-order valence-electron chi connectivity index (χ3n) is 0.985. The van der Waals surface area contributed by atoms with Crippen LogP contribution in [0.25, 0.3) is 0 Å². The average molecular weight is 177 g/mol. The maximum absolute atomic E-state index is 9.03. The molecular formula is C8H19NO3. The molecule has 0 fully saturated rings. The molecule has 0 aromatic carbocycles. The van der Waals surface area contributed by atoms with E-state index in [1.807, 2.05) is 0 Å². The smallest absolute Gasteiger partial charge is 0.0962 e. The summed E-state index contributed by atoms with van der Waals surface area (Å²) < 4.78 is 9.41. The summed E-state index contributed by atoms with van der Waals surface area (Å²) in [6, 6.07) is 0. The van der Waals surface area contributed by atoms with Crippen LogP contribution in [0.3, 0.4) is 0 Å². The van der Waals surface area contributed by atoms with Crippen LogP contribution in [0.15, 0.2) is 13.2 Å². The Morgan fingerprint density at radius 2 is 1.92 bits per heavy atom. The molecule has 0 amide bonds. The van der Waals surface area contributed by atoms with Gasteiger partial charge in [-0.2, -0.15) is 0 Å². The lowest BCUT2D eigenvalue weighted by atomic mass is 10.4. The van der Waals surface area contributed by atoms with Crippen molar-refractivity contribution in [2.45, 2.75) is 6.10 Å². The zero-order valence-corrected chi connectivity index (χ0v) is 7.88. The number of hydrogen-bond acceptors (Lipinski definition) is 4. The van der Waals surface area contributed by atoms with Gasteiger partial charge in [-0.1, -0.05) is 0 Å². The van der Waals surface area contributed by atoms with Crippen LogP contribution in [0.1, 0.15) is 0 Å². The molecule has 0 aromatic heterocycles. The monoisotopic (exact) mass is 177 g/mol. The highest BCUT2D eigenvalue weighted by Gasteiger charge is 2.00. The molecule has 0 spiro atoms. The van der Waals surface area contributed by atoms with Gasteiger partial charge in [0, 0.05) is 20.8 Å². The molecule has 0 aliphatic heterocycles. The van der Waals surface area contributed by atoms with Gasteiger partial charge in [-0.05, 0) is 0 Å². The van der Waals surface area contributed by atoms with Crippen LogP contribution in [0, 0.1) is 0 Å². The lowest BCUT2D eigenvalue weighted by Gasteiger charge is -2.09. The first-order valence-corrected chi connectivity index (χ1v) is 3.68. The molecule has 4 nitrogen and oxygen atoms in total. The zero-order valence-electron chi connectivity index (χ0n) is 7.88. The molecule has 0 aliphatic carbocycles. The SMILES string of the molecule is C=C.COCNCC(O)COC. The van der Waals surface area contributed by atoms with Crippen LogP contribution in [-0.4, -0.2) is 45.3 Å². The molecule has 0 aromatic rings. The Kier molecular flexibility index (Phi) is 15.5. The second-order valence-electron chi connectivity index (χ2n) is 2.00. The van der Waals surface area contributed by atoms with Crippen LogP contribution in [0.2, 0.25) is 0 Å². The van der Waals surface area contributed by atoms with E-state index in [2.05, 4.69) is 18.5 Å². The van der Waals surface area contributed by atoms with Gasteiger partial charge in [-0.15, -0.1) is 13.2 Å². The van der Waals surface area contributed by atoms with Gasteiger partial charge in [0.2, 0.25) is 0 Å². The number of nitrogens with one attached hydrogen (secondary N) is 1. The van der Waals surface area contributed by atoms with E-state index in [9.17, 15) is 0 Å². The summed E-state index contributed by atoms with van der Waals surface area (Å²) in [6.45, 7) is 7.32. The molecule has 0 aliphatic rings. The van der Waals surface area contributed by atoms with Crippen molar-refractivity contribution in [3.05, 3.63) is 13.2 Å². The normalized spacial score (nSPS) is 11.6. The molecule has 74 valence electrons. The fraction of sp³-hybridized carbons (Fsp3) is 0.750. The van der Waals surface area contributed by atoms with E-state index in [0.29, 0.717) is 19.9 Å². The van der Waals surface area contributed by atoms with Crippen molar-refractivity contribution >= 4 is 0 Å². The average Bonchev–Trinajstić information content (AvgIpc) is 2.09. The number of methoxy groups -OCH3 is 2. The second kappa shape index (κ2) is 13.2. The number of rotatable bonds is 6. The van der Waals surface area contributed by atoms with E-state index in [1.54, 1.807) is 14.2 Å². The van der Waals surface area contributed by atoms with Gasteiger partial charge < -0.3 is 14.6 Å². The highest BCUT2D eigenvalue weighted by atomic mass is 16.5. The fourth-order valence-corrected chi connectivity index (χ4v) is 0.579. The first-order valence-electron chi connectivity index (χ1n) is 3.68. The highest BCUT2D eigenvalue weighted by molar-refractivity contribution is 4.54. The highest BCUT2D eigenvalue weighted by Crippen LogP contribution is 1.79. The van der Waals surface area contributed by atoms with Crippen molar-refractivity contribution in [1.82, 2.24) is 5.32 Å². The predicted molar refractivity (Wildman–Crippen MR) is 49.0 cm³/mol. The largest absolute Gasteiger partial charge is 0.389 e. The summed E-state index contributed by atoms with van der Waals surface area (Å²) in [4.78, 5) is 0. The Morgan fingerprint density at radius 3 is 2.33 bits per heavy atom. The predicted octanol–water partition coefficient (Wildman–Crippen LogP) is -0.0106. The Morgan fingerprint density at radius 1 is 1.33 bits per heavy atom. The maximum atomic E-state index is 9.03. The third kappa shape index (κ3) is 12.3. The maximum Gasteiger partial charge on any atom is 0.0962 e. The minimum atomic E-state index is -0.444. The van der Waals surface area contributed by atoms with Crippen molar-refractivity contribution in [3.63, 3.8) is 0 Å². The molecule has 0 bridgehead atoms. The third-order valence-corrected chi connectivity index (χ3v) is 0.985. The summed E-state index contributed by atoms with van der Waals surface area (Å²) in [5, 5.41) is 11.9. The summed E-state index contributed by atoms with van der Waals surface area (Å²) in [5.74, 6) is 0. The number of ether oxygens (including phenoxy) is 2. The van der Waals surface area contributed by atoms with Crippen LogP contribution >= 0.6 is 0 Å². The number of aliphatic hydroxyl groups excluding tert-OH is 1. The molecule has 12 heavy (non-hydrogen) atoms. The Hall–Kier alpha value is -0.420. The summed E-state index contributed by atoms with van der Waals surface area (Å²) >= 11 is 0. The van der Waals surface area contributed by atoms with Crippen molar-refractivity contribution < 1.29 is 14.6 Å². The van der Waals surface area contributed by atoms with Gasteiger partial charge in [0.05, 0.1) is 19.4 Å². The van der Waals surface area contributed by atoms with Crippen molar-refractivity contribution in [2.75, 3.05) is 34.1 Å². The fourth-order valence-electron chi connectivity index (χ4n) is 0.579. The molecule has 2 N–H and O–H groups in total. The van der Waals surface area contributed by atoms with Gasteiger partial charge in [-0.3, -0.25) is 5.32 Å².